The number of aryl methyl sites for hydroxylation is 1. The van der Waals surface area contributed by atoms with Gasteiger partial charge in [0.1, 0.15) is 10.2 Å². The largest absolute Gasteiger partial charge is 0.269 e. The predicted octanol–water partition coefficient (Wildman–Crippen LogP) is 2.46. The number of nitrogens with zero attached hydrogens (tertiary/aromatic N) is 4. The molecule has 0 N–H and O–H groups in total. The summed E-state index contributed by atoms with van der Waals surface area (Å²) in [5, 5.41) is 15.1. The average molecular weight is 379 g/mol. The smallest absolute Gasteiger partial charge is 0.258 e. The fraction of sp³-hybridized carbons (Fsp3) is 0.250. The predicted molar refractivity (Wildman–Crippen MR) is 85.0 cm³/mol. The van der Waals surface area contributed by atoms with Crippen LogP contribution in [0.1, 0.15) is 5.69 Å². The van der Waals surface area contributed by atoms with E-state index in [0.29, 0.717) is 5.69 Å². The Bertz CT molecular complexity index is 849. The molecule has 1 aromatic carbocycles. The Morgan fingerprint density at radius 3 is 2.30 bits per heavy atom. The molecule has 0 unspecified atom stereocenters. The molecule has 8 nitrogen and oxygen atoms in total. The van der Waals surface area contributed by atoms with Gasteiger partial charge in [0.2, 0.25) is 10.0 Å². The number of sulfonamides is 1. The summed E-state index contributed by atoms with van der Waals surface area (Å²) >= 11 is 11.9. The van der Waals surface area contributed by atoms with E-state index in [1.54, 1.807) is 7.05 Å². The number of nitro benzene ring substituents is 1. The first-order valence-electron chi connectivity index (χ1n) is 6.22. The van der Waals surface area contributed by atoms with Crippen LogP contribution < -0.4 is 0 Å². The lowest BCUT2D eigenvalue weighted by Gasteiger charge is -2.16. The van der Waals surface area contributed by atoms with Gasteiger partial charge in [-0.05, 0) is 12.1 Å². The van der Waals surface area contributed by atoms with Gasteiger partial charge in [-0.2, -0.15) is 9.40 Å². The Hall–Kier alpha value is -1.68. The van der Waals surface area contributed by atoms with Crippen molar-refractivity contribution < 1.29 is 13.3 Å². The van der Waals surface area contributed by atoms with E-state index in [0.717, 1.165) is 16.4 Å². The molecule has 0 aliphatic heterocycles. The summed E-state index contributed by atoms with van der Waals surface area (Å²) in [6.45, 7) is -0.0846. The zero-order valence-electron chi connectivity index (χ0n) is 12.1. The Morgan fingerprint density at radius 1 is 1.30 bits per heavy atom. The lowest BCUT2D eigenvalue weighted by Crippen LogP contribution is -2.26. The molecule has 0 fully saturated rings. The lowest BCUT2D eigenvalue weighted by atomic mass is 10.3. The first-order chi connectivity index (χ1) is 10.6. The molecule has 0 bridgehead atoms. The van der Waals surface area contributed by atoms with Crippen LogP contribution in [0.25, 0.3) is 0 Å². The molecule has 0 spiro atoms. The minimum absolute atomic E-state index is 0.0660. The molecular formula is C12H12Cl2N4O4S. The molecule has 0 saturated carbocycles. The van der Waals surface area contributed by atoms with E-state index in [1.807, 2.05) is 0 Å². The molecule has 0 aliphatic rings. The monoisotopic (exact) mass is 378 g/mol. The molecule has 23 heavy (non-hydrogen) atoms. The van der Waals surface area contributed by atoms with E-state index in [-0.39, 0.29) is 27.3 Å². The summed E-state index contributed by atoms with van der Waals surface area (Å²) in [5.74, 6) is 0. The van der Waals surface area contributed by atoms with Gasteiger partial charge >= 0.3 is 0 Å². The quantitative estimate of drug-likeness (QED) is 0.587. The summed E-state index contributed by atoms with van der Waals surface area (Å²) in [5.41, 5.74) is 0.123. The summed E-state index contributed by atoms with van der Waals surface area (Å²) in [4.78, 5) is 9.95. The molecule has 124 valence electrons. The van der Waals surface area contributed by atoms with Crippen LogP contribution in [0.3, 0.4) is 0 Å². The minimum atomic E-state index is -3.84. The van der Waals surface area contributed by atoms with Gasteiger partial charge in [-0.3, -0.25) is 14.8 Å². The Balaban J connectivity index is 2.27. The summed E-state index contributed by atoms with van der Waals surface area (Å²) < 4.78 is 27.3. The number of rotatable bonds is 5. The fourth-order valence-electron chi connectivity index (χ4n) is 1.85. The Labute approximate surface area is 142 Å². The number of aromatic nitrogens is 2. The first-order valence-corrected chi connectivity index (χ1v) is 8.42. The second-order valence-electron chi connectivity index (χ2n) is 4.69. The molecule has 2 aromatic rings. The van der Waals surface area contributed by atoms with Crippen molar-refractivity contribution in [2.45, 2.75) is 11.4 Å². The van der Waals surface area contributed by atoms with Gasteiger partial charge in [0.05, 0.1) is 22.1 Å². The molecule has 11 heteroatoms. The van der Waals surface area contributed by atoms with Crippen molar-refractivity contribution in [3.63, 3.8) is 0 Å². The topological polar surface area (TPSA) is 98.3 Å². The second kappa shape index (κ2) is 6.44. The Kier molecular flexibility index (Phi) is 4.95. The lowest BCUT2D eigenvalue weighted by molar-refractivity contribution is -0.384. The van der Waals surface area contributed by atoms with Gasteiger partial charge in [-0.1, -0.05) is 23.2 Å². The van der Waals surface area contributed by atoms with Crippen LogP contribution in [0.5, 0.6) is 0 Å². The molecule has 0 atom stereocenters. The standard InChI is InChI=1S/C12H12Cl2N4O4S/c1-16(7-10-11(13)12(14)17(2)15-10)23(21,22)9-5-3-8(4-6-9)18(19)20/h3-6H,7H2,1-2H3. The van der Waals surface area contributed by atoms with Gasteiger partial charge in [0.25, 0.3) is 5.69 Å². The molecule has 0 radical (unpaired) electrons. The maximum Gasteiger partial charge on any atom is 0.269 e. The third-order valence-electron chi connectivity index (χ3n) is 3.12. The summed E-state index contributed by atoms with van der Waals surface area (Å²) in [7, 11) is -0.898. The van der Waals surface area contributed by atoms with Gasteiger partial charge in [0.15, 0.2) is 0 Å². The van der Waals surface area contributed by atoms with E-state index >= 15 is 0 Å². The van der Waals surface area contributed by atoms with Crippen LogP contribution in [0, 0.1) is 10.1 Å². The summed E-state index contributed by atoms with van der Waals surface area (Å²) in [6, 6.07) is 4.62. The second-order valence-corrected chi connectivity index (χ2v) is 7.47. The normalized spacial score (nSPS) is 11.9. The SMILES string of the molecule is CN(Cc1nn(C)c(Cl)c1Cl)S(=O)(=O)c1ccc([N+](=O)[O-])cc1. The van der Waals surface area contributed by atoms with Crippen molar-refractivity contribution >= 4 is 38.9 Å². The van der Waals surface area contributed by atoms with Gasteiger partial charge in [-0.25, -0.2) is 8.42 Å². The number of benzene rings is 1. The van der Waals surface area contributed by atoms with Crippen LogP contribution in [0.2, 0.25) is 10.2 Å². The van der Waals surface area contributed by atoms with Crippen LogP contribution in [-0.4, -0.2) is 34.5 Å². The highest BCUT2D eigenvalue weighted by Gasteiger charge is 2.24. The van der Waals surface area contributed by atoms with Crippen molar-refractivity contribution in [1.82, 2.24) is 14.1 Å². The molecule has 1 heterocycles. The minimum Gasteiger partial charge on any atom is -0.258 e. The van der Waals surface area contributed by atoms with E-state index < -0.39 is 14.9 Å². The number of hydrogen-bond acceptors (Lipinski definition) is 5. The van der Waals surface area contributed by atoms with Crippen molar-refractivity contribution in [1.29, 1.82) is 0 Å². The van der Waals surface area contributed by atoms with Gasteiger partial charge < -0.3 is 0 Å². The highest BCUT2D eigenvalue weighted by molar-refractivity contribution is 7.89. The third kappa shape index (κ3) is 3.47. The van der Waals surface area contributed by atoms with Crippen LogP contribution >= 0.6 is 23.2 Å². The highest BCUT2D eigenvalue weighted by Crippen LogP contribution is 2.27. The Morgan fingerprint density at radius 2 is 1.87 bits per heavy atom. The van der Waals surface area contributed by atoms with E-state index in [9.17, 15) is 18.5 Å². The van der Waals surface area contributed by atoms with Crippen molar-refractivity contribution in [3.8, 4) is 0 Å². The number of non-ortho nitro benzene ring substituents is 1. The number of hydrogen-bond donors (Lipinski definition) is 0. The molecule has 0 aliphatic carbocycles. The molecule has 1 aromatic heterocycles. The maximum absolute atomic E-state index is 12.5. The molecular weight excluding hydrogens is 367 g/mol. The van der Waals surface area contributed by atoms with Crippen molar-refractivity contribution in [2.75, 3.05) is 7.05 Å². The fourth-order valence-corrected chi connectivity index (χ4v) is 3.35. The van der Waals surface area contributed by atoms with Crippen molar-refractivity contribution in [3.05, 3.63) is 50.2 Å². The number of nitro groups is 1. The van der Waals surface area contributed by atoms with Crippen LogP contribution in [0.4, 0.5) is 5.69 Å². The first kappa shape index (κ1) is 17.7. The highest BCUT2D eigenvalue weighted by atomic mass is 35.5. The van der Waals surface area contributed by atoms with Crippen molar-refractivity contribution in [2.24, 2.45) is 7.05 Å². The molecule has 0 saturated heterocycles. The maximum atomic E-state index is 12.5. The zero-order valence-corrected chi connectivity index (χ0v) is 14.4. The molecule has 0 amide bonds. The van der Waals surface area contributed by atoms with Gasteiger partial charge in [-0.15, -0.1) is 0 Å². The van der Waals surface area contributed by atoms with E-state index in [1.165, 1.54) is 23.9 Å². The molecule has 2 rings (SSSR count). The zero-order chi connectivity index (χ0) is 17.4. The summed E-state index contributed by atoms with van der Waals surface area (Å²) in [6.07, 6.45) is 0. The van der Waals surface area contributed by atoms with Crippen LogP contribution in [0.15, 0.2) is 29.2 Å². The van der Waals surface area contributed by atoms with Gasteiger partial charge in [0, 0.05) is 26.2 Å². The van der Waals surface area contributed by atoms with Crippen LogP contribution in [-0.2, 0) is 23.6 Å². The number of halogens is 2. The third-order valence-corrected chi connectivity index (χ3v) is 5.86. The average Bonchev–Trinajstić information content (AvgIpc) is 2.74. The van der Waals surface area contributed by atoms with E-state index in [2.05, 4.69) is 5.10 Å². The van der Waals surface area contributed by atoms with E-state index in [4.69, 9.17) is 23.2 Å².